The van der Waals surface area contributed by atoms with E-state index in [4.69, 9.17) is 5.73 Å². The highest BCUT2D eigenvalue weighted by Crippen LogP contribution is 2.30. The van der Waals surface area contributed by atoms with Crippen LogP contribution in [0.1, 0.15) is 18.7 Å². The van der Waals surface area contributed by atoms with Gasteiger partial charge in [0.05, 0.1) is 0 Å². The van der Waals surface area contributed by atoms with Crippen LogP contribution in [-0.4, -0.2) is 12.6 Å². The monoisotopic (exact) mass is 276 g/mol. The quantitative estimate of drug-likeness (QED) is 0.876. The van der Waals surface area contributed by atoms with Crippen LogP contribution in [0.4, 0.5) is 4.79 Å². The molecular formula is C9H13BrN2OS. The van der Waals surface area contributed by atoms with Crippen LogP contribution in [0.3, 0.4) is 0 Å². The summed E-state index contributed by atoms with van der Waals surface area (Å²) < 4.78 is 1.07. The Morgan fingerprint density at radius 1 is 1.71 bits per heavy atom. The minimum Gasteiger partial charge on any atom is -0.352 e. The molecule has 1 aromatic heterocycles. The second kappa shape index (κ2) is 4.31. The lowest BCUT2D eigenvalue weighted by molar-refractivity contribution is 0.246. The standard InChI is InChI=1S/C9H13BrN2OS/c1-9(2,5-12-8(11)13)7-3-6(10)4-14-7/h3-4H,5H2,1-2H3,(H3,11,12,13). The lowest BCUT2D eigenvalue weighted by Gasteiger charge is -2.22. The number of hydrogen-bond donors (Lipinski definition) is 2. The largest absolute Gasteiger partial charge is 0.352 e. The van der Waals surface area contributed by atoms with Crippen LogP contribution in [0.15, 0.2) is 15.9 Å². The molecule has 2 amide bonds. The van der Waals surface area contributed by atoms with E-state index in [0.717, 1.165) is 4.47 Å². The average molecular weight is 277 g/mol. The van der Waals surface area contributed by atoms with Crippen molar-refractivity contribution in [1.82, 2.24) is 5.32 Å². The molecule has 0 fully saturated rings. The lowest BCUT2D eigenvalue weighted by Crippen LogP contribution is -2.39. The number of carbonyl (C=O) groups excluding carboxylic acids is 1. The summed E-state index contributed by atoms with van der Waals surface area (Å²) in [6.45, 7) is 4.69. The molecule has 0 aliphatic rings. The van der Waals surface area contributed by atoms with Gasteiger partial charge in [-0.1, -0.05) is 13.8 Å². The SMILES string of the molecule is CC(C)(CNC(N)=O)c1cc(Br)cs1. The van der Waals surface area contributed by atoms with Gasteiger partial charge in [0.2, 0.25) is 0 Å². The van der Waals surface area contributed by atoms with Gasteiger partial charge in [0.1, 0.15) is 0 Å². The first-order valence-corrected chi connectivity index (χ1v) is 5.87. The molecule has 0 unspecified atom stereocenters. The summed E-state index contributed by atoms with van der Waals surface area (Å²) >= 11 is 5.07. The van der Waals surface area contributed by atoms with Gasteiger partial charge in [-0.3, -0.25) is 0 Å². The van der Waals surface area contributed by atoms with Gasteiger partial charge in [0.25, 0.3) is 0 Å². The lowest BCUT2D eigenvalue weighted by atomic mass is 9.91. The van der Waals surface area contributed by atoms with Crippen LogP contribution >= 0.6 is 27.3 Å². The summed E-state index contributed by atoms with van der Waals surface area (Å²) in [6.07, 6.45) is 0. The number of carbonyl (C=O) groups is 1. The predicted octanol–water partition coefficient (Wildman–Crippen LogP) is 2.46. The van der Waals surface area contributed by atoms with Crippen LogP contribution in [0.2, 0.25) is 0 Å². The number of halogens is 1. The topological polar surface area (TPSA) is 55.1 Å². The summed E-state index contributed by atoms with van der Waals surface area (Å²) in [6, 6.07) is 1.58. The van der Waals surface area contributed by atoms with E-state index in [2.05, 4.69) is 41.2 Å². The smallest absolute Gasteiger partial charge is 0.312 e. The fourth-order valence-electron chi connectivity index (χ4n) is 1.06. The maximum absolute atomic E-state index is 10.6. The summed E-state index contributed by atoms with van der Waals surface area (Å²) in [5.41, 5.74) is 4.95. The van der Waals surface area contributed by atoms with Crippen LogP contribution < -0.4 is 11.1 Å². The molecular weight excluding hydrogens is 264 g/mol. The number of rotatable bonds is 3. The summed E-state index contributed by atoms with van der Waals surface area (Å²) in [5, 5.41) is 4.65. The first-order valence-electron chi connectivity index (χ1n) is 4.19. The van der Waals surface area contributed by atoms with Crippen molar-refractivity contribution in [1.29, 1.82) is 0 Å². The first-order chi connectivity index (χ1) is 6.42. The van der Waals surface area contributed by atoms with Crippen LogP contribution in [0.5, 0.6) is 0 Å². The van der Waals surface area contributed by atoms with Crippen molar-refractivity contribution in [3.63, 3.8) is 0 Å². The second-order valence-electron chi connectivity index (χ2n) is 3.73. The Balaban J connectivity index is 2.69. The highest BCUT2D eigenvalue weighted by molar-refractivity contribution is 9.10. The Kier molecular flexibility index (Phi) is 3.55. The second-order valence-corrected chi connectivity index (χ2v) is 5.56. The number of primary amides is 1. The van der Waals surface area contributed by atoms with E-state index in [-0.39, 0.29) is 5.41 Å². The van der Waals surface area contributed by atoms with Crippen molar-refractivity contribution in [3.05, 3.63) is 20.8 Å². The first kappa shape index (κ1) is 11.5. The molecule has 1 aromatic rings. The van der Waals surface area contributed by atoms with Crippen LogP contribution in [-0.2, 0) is 5.41 Å². The third-order valence-electron chi connectivity index (χ3n) is 1.94. The highest BCUT2D eigenvalue weighted by Gasteiger charge is 2.22. The molecule has 0 aliphatic heterocycles. The highest BCUT2D eigenvalue weighted by atomic mass is 79.9. The normalized spacial score (nSPS) is 11.4. The number of amides is 2. The van der Waals surface area contributed by atoms with Crippen molar-refractivity contribution < 1.29 is 4.79 Å². The molecule has 78 valence electrons. The average Bonchev–Trinajstić information content (AvgIpc) is 2.49. The molecule has 14 heavy (non-hydrogen) atoms. The van der Waals surface area contributed by atoms with Gasteiger partial charge < -0.3 is 11.1 Å². The maximum Gasteiger partial charge on any atom is 0.312 e. The van der Waals surface area contributed by atoms with E-state index < -0.39 is 6.03 Å². The summed E-state index contributed by atoms with van der Waals surface area (Å²) in [5.74, 6) is 0. The fourth-order valence-corrected chi connectivity index (χ4v) is 2.62. The number of urea groups is 1. The van der Waals surface area contributed by atoms with E-state index >= 15 is 0 Å². The van der Waals surface area contributed by atoms with Crippen molar-refractivity contribution >= 4 is 33.3 Å². The fraction of sp³-hybridized carbons (Fsp3) is 0.444. The zero-order valence-electron chi connectivity index (χ0n) is 8.13. The Morgan fingerprint density at radius 2 is 2.36 bits per heavy atom. The van der Waals surface area contributed by atoms with E-state index in [1.807, 2.05) is 5.38 Å². The molecule has 0 aliphatic carbocycles. The van der Waals surface area contributed by atoms with Gasteiger partial charge in [-0.25, -0.2) is 4.79 Å². The van der Waals surface area contributed by atoms with Crippen molar-refractivity contribution in [2.45, 2.75) is 19.3 Å². The third kappa shape index (κ3) is 2.99. The predicted molar refractivity (Wildman–Crippen MR) is 62.6 cm³/mol. The molecule has 0 bridgehead atoms. The van der Waals surface area contributed by atoms with Gasteiger partial charge in [-0.15, -0.1) is 11.3 Å². The van der Waals surface area contributed by atoms with Crippen LogP contribution in [0, 0.1) is 0 Å². The summed E-state index contributed by atoms with van der Waals surface area (Å²) in [4.78, 5) is 11.8. The molecule has 1 rings (SSSR count). The van der Waals surface area contributed by atoms with E-state index in [1.165, 1.54) is 4.88 Å². The number of nitrogens with two attached hydrogens (primary N) is 1. The number of nitrogens with one attached hydrogen (secondary N) is 1. The molecule has 0 aromatic carbocycles. The van der Waals surface area contributed by atoms with E-state index in [0.29, 0.717) is 6.54 Å². The Morgan fingerprint density at radius 3 is 2.79 bits per heavy atom. The molecule has 3 N–H and O–H groups in total. The number of hydrogen-bond acceptors (Lipinski definition) is 2. The van der Waals surface area contributed by atoms with Gasteiger partial charge in [-0.05, 0) is 22.0 Å². The molecule has 0 spiro atoms. The molecule has 0 atom stereocenters. The number of thiophene rings is 1. The van der Waals surface area contributed by atoms with Gasteiger partial charge in [-0.2, -0.15) is 0 Å². The Hall–Kier alpha value is -0.550. The molecule has 0 saturated carbocycles. The maximum atomic E-state index is 10.6. The zero-order valence-corrected chi connectivity index (χ0v) is 10.5. The van der Waals surface area contributed by atoms with E-state index in [1.54, 1.807) is 11.3 Å². The third-order valence-corrected chi connectivity index (χ3v) is 4.00. The van der Waals surface area contributed by atoms with Crippen LogP contribution in [0.25, 0.3) is 0 Å². The van der Waals surface area contributed by atoms with Crippen molar-refractivity contribution in [2.75, 3.05) is 6.54 Å². The summed E-state index contributed by atoms with van der Waals surface area (Å²) in [7, 11) is 0. The zero-order chi connectivity index (χ0) is 10.8. The molecule has 5 heteroatoms. The van der Waals surface area contributed by atoms with Crippen molar-refractivity contribution in [2.24, 2.45) is 5.73 Å². The molecule has 1 heterocycles. The van der Waals surface area contributed by atoms with Crippen molar-refractivity contribution in [3.8, 4) is 0 Å². The van der Waals surface area contributed by atoms with E-state index in [9.17, 15) is 4.79 Å². The van der Waals surface area contributed by atoms with Gasteiger partial charge in [0, 0.05) is 26.7 Å². The molecule has 3 nitrogen and oxygen atoms in total. The minimum absolute atomic E-state index is 0.0777. The molecule has 0 saturated heterocycles. The Bertz CT molecular complexity index is 335. The molecule has 0 radical (unpaired) electrons. The van der Waals surface area contributed by atoms with Gasteiger partial charge >= 0.3 is 6.03 Å². The van der Waals surface area contributed by atoms with Gasteiger partial charge in [0.15, 0.2) is 0 Å². The Labute approximate surface area is 95.8 Å². The minimum atomic E-state index is -0.478.